The van der Waals surface area contributed by atoms with E-state index >= 15 is 0 Å². The molecule has 5 nitrogen and oxygen atoms in total. The molecular weight excluding hydrogens is 358 g/mol. The van der Waals surface area contributed by atoms with E-state index in [1.165, 1.54) is 5.56 Å². The summed E-state index contributed by atoms with van der Waals surface area (Å²) in [4.78, 5) is 27.8. The molecular formula is C21H25N3O2S. The Kier molecular flexibility index (Phi) is 6.90. The van der Waals surface area contributed by atoms with Gasteiger partial charge in [-0.2, -0.15) is 0 Å². The fourth-order valence-electron chi connectivity index (χ4n) is 3.22. The summed E-state index contributed by atoms with van der Waals surface area (Å²) in [5, 5.41) is 5.54. The van der Waals surface area contributed by atoms with Crippen molar-refractivity contribution in [2.24, 2.45) is 0 Å². The number of piperidine rings is 1. The Labute approximate surface area is 164 Å². The van der Waals surface area contributed by atoms with E-state index in [1.807, 2.05) is 30.5 Å². The molecule has 142 valence electrons. The number of hydrogen-bond acceptors (Lipinski definition) is 4. The van der Waals surface area contributed by atoms with Gasteiger partial charge in [0.1, 0.15) is 0 Å². The van der Waals surface area contributed by atoms with Gasteiger partial charge in [-0.3, -0.25) is 14.5 Å². The van der Waals surface area contributed by atoms with E-state index in [2.05, 4.69) is 39.8 Å². The van der Waals surface area contributed by atoms with Gasteiger partial charge in [-0.1, -0.05) is 36.4 Å². The number of amides is 2. The highest BCUT2D eigenvalue weighted by Gasteiger charge is 2.23. The summed E-state index contributed by atoms with van der Waals surface area (Å²) in [5.74, 6) is -1.17. The van der Waals surface area contributed by atoms with Crippen molar-refractivity contribution in [2.75, 3.05) is 24.7 Å². The zero-order chi connectivity index (χ0) is 19.1. The molecule has 1 fully saturated rings. The zero-order valence-electron chi connectivity index (χ0n) is 15.5. The lowest BCUT2D eigenvalue weighted by molar-refractivity contribution is -0.136. The Balaban J connectivity index is 1.44. The second kappa shape index (κ2) is 9.58. The summed E-state index contributed by atoms with van der Waals surface area (Å²) >= 11 is 1.59. The monoisotopic (exact) mass is 383 g/mol. The smallest absolute Gasteiger partial charge is 0.313 e. The minimum atomic E-state index is -0.611. The number of nitrogens with one attached hydrogen (secondary N) is 2. The Morgan fingerprint density at radius 1 is 1.04 bits per heavy atom. The van der Waals surface area contributed by atoms with E-state index in [0.29, 0.717) is 5.69 Å². The van der Waals surface area contributed by atoms with Crippen LogP contribution in [0.2, 0.25) is 0 Å². The topological polar surface area (TPSA) is 61.4 Å². The number of likely N-dealkylation sites (tertiary alicyclic amines) is 1. The number of carbonyl (C=O) groups excluding carboxylic acids is 2. The average Bonchev–Trinajstić information content (AvgIpc) is 2.70. The molecule has 2 N–H and O–H groups in total. The quantitative estimate of drug-likeness (QED) is 0.615. The molecule has 2 amide bonds. The Morgan fingerprint density at radius 2 is 1.78 bits per heavy atom. The van der Waals surface area contributed by atoms with Gasteiger partial charge >= 0.3 is 11.8 Å². The minimum absolute atomic E-state index is 0.0489. The fourth-order valence-corrected chi connectivity index (χ4v) is 3.68. The number of carbonyl (C=O) groups is 2. The lowest BCUT2D eigenvalue weighted by atomic mass is 10.0. The number of rotatable bonds is 5. The molecule has 0 radical (unpaired) electrons. The number of benzene rings is 2. The van der Waals surface area contributed by atoms with Gasteiger partial charge in [-0.05, 0) is 42.9 Å². The first-order valence-electron chi connectivity index (χ1n) is 9.16. The molecule has 3 rings (SSSR count). The highest BCUT2D eigenvalue weighted by molar-refractivity contribution is 7.98. The number of thioether (sulfide) groups is 1. The molecule has 1 aliphatic heterocycles. The highest BCUT2D eigenvalue weighted by Crippen LogP contribution is 2.19. The Hall–Kier alpha value is -2.31. The summed E-state index contributed by atoms with van der Waals surface area (Å²) in [6.45, 7) is 2.75. The Morgan fingerprint density at radius 3 is 2.48 bits per heavy atom. The SMILES string of the molecule is CSc1cccc(NC(=O)C(=O)NC2CCN(Cc3ccccc3)CC2)c1. The van der Waals surface area contributed by atoms with Crippen LogP contribution in [0.3, 0.4) is 0 Å². The van der Waals surface area contributed by atoms with E-state index in [-0.39, 0.29) is 6.04 Å². The largest absolute Gasteiger partial charge is 0.345 e. The van der Waals surface area contributed by atoms with Crippen LogP contribution >= 0.6 is 11.8 Å². The van der Waals surface area contributed by atoms with Crippen molar-refractivity contribution in [1.82, 2.24) is 10.2 Å². The van der Waals surface area contributed by atoms with Crippen molar-refractivity contribution in [3.63, 3.8) is 0 Å². The lowest BCUT2D eigenvalue weighted by Gasteiger charge is -2.32. The van der Waals surface area contributed by atoms with E-state index in [4.69, 9.17) is 0 Å². The van der Waals surface area contributed by atoms with Crippen LogP contribution in [0.4, 0.5) is 5.69 Å². The molecule has 1 heterocycles. The molecule has 6 heteroatoms. The number of anilines is 1. The van der Waals surface area contributed by atoms with Crippen molar-refractivity contribution in [1.29, 1.82) is 0 Å². The van der Waals surface area contributed by atoms with Gasteiger partial charge in [0.25, 0.3) is 0 Å². The highest BCUT2D eigenvalue weighted by atomic mass is 32.2. The van der Waals surface area contributed by atoms with Gasteiger partial charge < -0.3 is 10.6 Å². The van der Waals surface area contributed by atoms with Gasteiger partial charge in [-0.15, -0.1) is 11.8 Å². The molecule has 0 unspecified atom stereocenters. The van der Waals surface area contributed by atoms with Gasteiger partial charge in [0, 0.05) is 36.3 Å². The maximum absolute atomic E-state index is 12.2. The molecule has 0 spiro atoms. The van der Waals surface area contributed by atoms with Gasteiger partial charge in [-0.25, -0.2) is 0 Å². The van der Waals surface area contributed by atoms with Crippen LogP contribution in [0.5, 0.6) is 0 Å². The standard InChI is InChI=1S/C21H25N3O2S/c1-27-19-9-5-8-18(14-19)23-21(26)20(25)22-17-10-12-24(13-11-17)15-16-6-3-2-4-7-16/h2-9,14,17H,10-13,15H2,1H3,(H,22,25)(H,23,26). The summed E-state index contributed by atoms with van der Waals surface area (Å²) in [5.41, 5.74) is 1.94. The average molecular weight is 384 g/mol. The number of hydrogen-bond donors (Lipinski definition) is 2. The molecule has 27 heavy (non-hydrogen) atoms. The normalized spacial score (nSPS) is 15.3. The molecule has 2 aromatic carbocycles. The third kappa shape index (κ3) is 5.84. The lowest BCUT2D eigenvalue weighted by Crippen LogP contribution is -2.47. The van der Waals surface area contributed by atoms with Crippen LogP contribution in [0.15, 0.2) is 59.5 Å². The van der Waals surface area contributed by atoms with Gasteiger partial charge in [0.15, 0.2) is 0 Å². The Bertz CT molecular complexity index is 774. The van der Waals surface area contributed by atoms with Crippen LogP contribution in [0.25, 0.3) is 0 Å². The molecule has 0 aliphatic carbocycles. The van der Waals surface area contributed by atoms with Crippen LogP contribution < -0.4 is 10.6 Å². The van der Waals surface area contributed by atoms with E-state index in [1.54, 1.807) is 17.8 Å². The number of nitrogens with zero attached hydrogens (tertiary/aromatic N) is 1. The first-order valence-corrected chi connectivity index (χ1v) is 10.4. The molecule has 0 bridgehead atoms. The van der Waals surface area contributed by atoms with Crippen molar-refractivity contribution < 1.29 is 9.59 Å². The summed E-state index contributed by atoms with van der Waals surface area (Å²) in [6.07, 6.45) is 3.68. The molecule has 1 aliphatic rings. The molecule has 0 atom stereocenters. The van der Waals surface area contributed by atoms with Crippen molar-refractivity contribution in [3.8, 4) is 0 Å². The predicted molar refractivity (Wildman–Crippen MR) is 110 cm³/mol. The molecule has 0 saturated carbocycles. The van der Waals surface area contributed by atoms with E-state index in [9.17, 15) is 9.59 Å². The van der Waals surface area contributed by atoms with Crippen molar-refractivity contribution >= 4 is 29.3 Å². The second-order valence-corrected chi connectivity index (χ2v) is 7.58. The maximum Gasteiger partial charge on any atom is 0.313 e. The van der Waals surface area contributed by atoms with E-state index < -0.39 is 11.8 Å². The molecule has 0 aromatic heterocycles. The third-order valence-electron chi connectivity index (χ3n) is 4.71. The summed E-state index contributed by atoms with van der Waals surface area (Å²) in [6, 6.07) is 17.9. The predicted octanol–water partition coefficient (Wildman–Crippen LogP) is 3.13. The molecule has 2 aromatic rings. The third-order valence-corrected chi connectivity index (χ3v) is 5.43. The summed E-state index contributed by atoms with van der Waals surface area (Å²) < 4.78 is 0. The first kappa shape index (κ1) is 19.5. The van der Waals surface area contributed by atoms with Gasteiger partial charge in [0.2, 0.25) is 0 Å². The van der Waals surface area contributed by atoms with E-state index in [0.717, 1.165) is 37.4 Å². The van der Waals surface area contributed by atoms with Crippen LogP contribution in [0.1, 0.15) is 18.4 Å². The second-order valence-electron chi connectivity index (χ2n) is 6.70. The van der Waals surface area contributed by atoms with Crippen molar-refractivity contribution in [3.05, 3.63) is 60.2 Å². The van der Waals surface area contributed by atoms with Crippen LogP contribution in [-0.4, -0.2) is 42.1 Å². The first-order chi connectivity index (χ1) is 13.1. The maximum atomic E-state index is 12.2. The van der Waals surface area contributed by atoms with Gasteiger partial charge in [0.05, 0.1) is 0 Å². The minimum Gasteiger partial charge on any atom is -0.345 e. The fraction of sp³-hybridized carbons (Fsp3) is 0.333. The summed E-state index contributed by atoms with van der Waals surface area (Å²) in [7, 11) is 0. The van der Waals surface area contributed by atoms with Crippen molar-refractivity contribution in [2.45, 2.75) is 30.3 Å². The van der Waals surface area contributed by atoms with Crippen LogP contribution in [-0.2, 0) is 16.1 Å². The zero-order valence-corrected chi connectivity index (χ0v) is 16.3. The molecule has 1 saturated heterocycles. The van der Waals surface area contributed by atoms with Crippen LogP contribution in [0, 0.1) is 0 Å².